The average Bonchev–Trinajstić information content (AvgIpc) is 2.65. The van der Waals surface area contributed by atoms with E-state index in [1.54, 1.807) is 25.1 Å². The minimum Gasteiger partial charge on any atom is -0.503 e. The van der Waals surface area contributed by atoms with Gasteiger partial charge < -0.3 is 15.2 Å². The van der Waals surface area contributed by atoms with E-state index < -0.39 is 5.91 Å². The van der Waals surface area contributed by atoms with E-state index in [0.29, 0.717) is 16.6 Å². The highest BCUT2D eigenvalue weighted by atomic mass is 79.9. The highest BCUT2D eigenvalue weighted by molar-refractivity contribution is 9.10. The van der Waals surface area contributed by atoms with Gasteiger partial charge >= 0.3 is 0 Å². The van der Waals surface area contributed by atoms with Crippen LogP contribution in [0.15, 0.2) is 34.3 Å². The maximum atomic E-state index is 12.5. The van der Waals surface area contributed by atoms with Crippen molar-refractivity contribution in [2.75, 3.05) is 11.9 Å². The van der Waals surface area contributed by atoms with Crippen molar-refractivity contribution in [3.05, 3.63) is 54.9 Å². The molecule has 0 aromatic heterocycles. The smallest absolute Gasteiger partial charge is 0.266 e. The number of amides is 1. The number of nitrogens with zero attached hydrogens (tertiary/aromatic N) is 1. The van der Waals surface area contributed by atoms with Gasteiger partial charge in [-0.3, -0.25) is 4.79 Å². The molecule has 0 aliphatic rings. The van der Waals surface area contributed by atoms with E-state index in [0.717, 1.165) is 0 Å². The molecular weight excluding hydrogens is 478 g/mol. The third-order valence-electron chi connectivity index (χ3n) is 3.34. The summed E-state index contributed by atoms with van der Waals surface area (Å²) in [6.45, 7) is 2.04. The van der Waals surface area contributed by atoms with Crippen LogP contribution in [0.5, 0.6) is 11.5 Å². The van der Waals surface area contributed by atoms with Crippen molar-refractivity contribution in [1.29, 1.82) is 5.26 Å². The fourth-order valence-corrected chi connectivity index (χ4v) is 3.04. The summed E-state index contributed by atoms with van der Waals surface area (Å²) in [6, 6.07) is 8.03. The van der Waals surface area contributed by atoms with Gasteiger partial charge in [-0.25, -0.2) is 0 Å². The molecule has 140 valence electrons. The van der Waals surface area contributed by atoms with E-state index in [4.69, 9.17) is 39.5 Å². The van der Waals surface area contributed by atoms with E-state index in [9.17, 15) is 15.2 Å². The molecule has 0 spiro atoms. The molecule has 9 heteroatoms. The SMILES string of the molecule is CCOc1cc(/C=C(/C#N)C(=O)Nc2cccc(Cl)c2Cl)c(Br)c(Cl)c1O. The van der Waals surface area contributed by atoms with Crippen LogP contribution in [0, 0.1) is 11.3 Å². The van der Waals surface area contributed by atoms with Crippen LogP contribution in [-0.2, 0) is 4.79 Å². The van der Waals surface area contributed by atoms with Crippen LogP contribution >= 0.6 is 50.7 Å². The number of phenolic OH excluding ortho intramolecular Hbond substituents is 1. The lowest BCUT2D eigenvalue weighted by atomic mass is 10.1. The van der Waals surface area contributed by atoms with E-state index in [2.05, 4.69) is 21.2 Å². The van der Waals surface area contributed by atoms with Crippen molar-refractivity contribution in [1.82, 2.24) is 0 Å². The number of carbonyl (C=O) groups is 1. The van der Waals surface area contributed by atoms with Crippen LogP contribution in [-0.4, -0.2) is 17.6 Å². The average molecular weight is 491 g/mol. The highest BCUT2D eigenvalue weighted by Crippen LogP contribution is 2.42. The first-order valence-corrected chi connectivity index (χ1v) is 9.43. The molecule has 0 fully saturated rings. The summed E-state index contributed by atoms with van der Waals surface area (Å²) in [5, 5.41) is 22.4. The molecule has 0 atom stereocenters. The van der Waals surface area contributed by atoms with Crippen LogP contribution in [0.1, 0.15) is 12.5 Å². The number of nitrogens with one attached hydrogen (secondary N) is 1. The topological polar surface area (TPSA) is 82.3 Å². The Hall–Kier alpha value is -1.91. The Kier molecular flexibility index (Phi) is 7.40. The molecule has 2 rings (SSSR count). The number of nitriles is 1. The second-order valence-electron chi connectivity index (χ2n) is 5.10. The first kappa shape index (κ1) is 21.4. The summed E-state index contributed by atoms with van der Waals surface area (Å²) < 4.78 is 5.62. The van der Waals surface area contributed by atoms with Crippen LogP contribution in [0.3, 0.4) is 0 Å². The Balaban J connectivity index is 2.42. The Labute approximate surface area is 179 Å². The quantitative estimate of drug-likeness (QED) is 0.394. The molecule has 0 unspecified atom stereocenters. The van der Waals surface area contributed by atoms with Gasteiger partial charge in [0.15, 0.2) is 11.5 Å². The molecule has 0 aliphatic heterocycles. The van der Waals surface area contributed by atoms with Crippen molar-refractivity contribution < 1.29 is 14.6 Å². The zero-order valence-corrected chi connectivity index (χ0v) is 17.7. The molecule has 0 heterocycles. The van der Waals surface area contributed by atoms with Gasteiger partial charge in [-0.05, 0) is 52.7 Å². The summed E-state index contributed by atoms with van der Waals surface area (Å²) in [6.07, 6.45) is 1.31. The number of benzene rings is 2. The fourth-order valence-electron chi connectivity index (χ4n) is 2.08. The Morgan fingerprint density at radius 1 is 1.37 bits per heavy atom. The predicted molar refractivity (Wildman–Crippen MR) is 111 cm³/mol. The summed E-state index contributed by atoms with van der Waals surface area (Å²) in [7, 11) is 0. The molecule has 27 heavy (non-hydrogen) atoms. The van der Waals surface area contributed by atoms with E-state index >= 15 is 0 Å². The lowest BCUT2D eigenvalue weighted by Gasteiger charge is -2.11. The number of anilines is 1. The van der Waals surface area contributed by atoms with Gasteiger partial charge in [0.1, 0.15) is 16.7 Å². The molecule has 1 amide bonds. The van der Waals surface area contributed by atoms with E-state index in [-0.39, 0.29) is 37.8 Å². The number of phenols is 1. The standard InChI is InChI=1S/C18H12BrCl3N2O3/c1-2-27-13-7-9(14(19)16(22)17(13)25)6-10(8-23)18(26)24-12-5-3-4-11(20)15(12)21/h3-7,25H,2H2,1H3,(H,24,26)/b10-6-. The molecule has 0 aliphatic carbocycles. The van der Waals surface area contributed by atoms with Crippen molar-refractivity contribution >= 4 is 68.4 Å². The van der Waals surface area contributed by atoms with Crippen molar-refractivity contribution in [2.24, 2.45) is 0 Å². The largest absolute Gasteiger partial charge is 0.503 e. The third kappa shape index (κ3) is 4.88. The second kappa shape index (κ2) is 9.34. The van der Waals surface area contributed by atoms with E-state index in [1.807, 2.05) is 6.07 Å². The molecule has 5 nitrogen and oxygen atoms in total. The number of aromatic hydroxyl groups is 1. The molecule has 2 N–H and O–H groups in total. The second-order valence-corrected chi connectivity index (χ2v) is 7.05. The van der Waals surface area contributed by atoms with Crippen LogP contribution in [0.4, 0.5) is 5.69 Å². The molecule has 0 radical (unpaired) electrons. The number of rotatable bonds is 5. The van der Waals surface area contributed by atoms with Crippen LogP contribution in [0.25, 0.3) is 6.08 Å². The number of halogens is 4. The zero-order valence-electron chi connectivity index (χ0n) is 13.8. The third-order valence-corrected chi connectivity index (χ3v) is 5.61. The summed E-state index contributed by atoms with van der Waals surface area (Å²) in [5.74, 6) is -0.792. The van der Waals surface area contributed by atoms with Gasteiger partial charge in [0.2, 0.25) is 0 Å². The van der Waals surface area contributed by atoms with Gasteiger partial charge in [-0.15, -0.1) is 0 Å². The number of carbonyl (C=O) groups excluding carboxylic acids is 1. The van der Waals surface area contributed by atoms with Crippen molar-refractivity contribution in [3.63, 3.8) is 0 Å². The van der Waals surface area contributed by atoms with Gasteiger partial charge in [-0.1, -0.05) is 40.9 Å². The number of hydrogen-bond acceptors (Lipinski definition) is 4. The first-order valence-electron chi connectivity index (χ1n) is 7.51. The van der Waals surface area contributed by atoms with Gasteiger partial charge in [0.05, 0.1) is 22.3 Å². The number of hydrogen-bond donors (Lipinski definition) is 2. The minimum absolute atomic E-state index is 0.00258. The molecule has 2 aromatic rings. The Morgan fingerprint density at radius 3 is 2.70 bits per heavy atom. The zero-order chi connectivity index (χ0) is 20.1. The lowest BCUT2D eigenvalue weighted by Crippen LogP contribution is -2.13. The summed E-state index contributed by atoms with van der Waals surface area (Å²) >= 11 is 21.3. The predicted octanol–water partition coefficient (Wildman–Crippen LogP) is 6.06. The maximum Gasteiger partial charge on any atom is 0.266 e. The van der Waals surface area contributed by atoms with Crippen LogP contribution in [0.2, 0.25) is 15.1 Å². The van der Waals surface area contributed by atoms with Gasteiger partial charge in [0.25, 0.3) is 5.91 Å². The highest BCUT2D eigenvalue weighted by Gasteiger charge is 2.18. The van der Waals surface area contributed by atoms with E-state index in [1.165, 1.54) is 12.1 Å². The maximum absolute atomic E-state index is 12.5. The monoisotopic (exact) mass is 488 g/mol. The Morgan fingerprint density at radius 2 is 2.07 bits per heavy atom. The van der Waals surface area contributed by atoms with Crippen molar-refractivity contribution in [3.8, 4) is 17.6 Å². The summed E-state index contributed by atoms with van der Waals surface area (Å²) in [4.78, 5) is 12.5. The van der Waals surface area contributed by atoms with Gasteiger partial charge in [-0.2, -0.15) is 5.26 Å². The molecular formula is C18H12BrCl3N2O3. The Bertz CT molecular complexity index is 971. The van der Waals surface area contributed by atoms with Crippen molar-refractivity contribution in [2.45, 2.75) is 6.92 Å². The minimum atomic E-state index is -0.685. The first-order chi connectivity index (χ1) is 12.8. The van der Waals surface area contributed by atoms with Gasteiger partial charge in [0, 0.05) is 4.47 Å². The number of ether oxygens (including phenoxy) is 1. The van der Waals surface area contributed by atoms with Crippen LogP contribution < -0.4 is 10.1 Å². The molecule has 0 bridgehead atoms. The fraction of sp³-hybridized carbons (Fsp3) is 0.111. The molecule has 2 aromatic carbocycles. The molecule has 0 saturated heterocycles. The lowest BCUT2D eigenvalue weighted by molar-refractivity contribution is -0.112. The summed E-state index contributed by atoms with van der Waals surface area (Å²) in [5.41, 5.74) is 0.439. The molecule has 0 saturated carbocycles. The normalized spacial score (nSPS) is 11.0.